The van der Waals surface area contributed by atoms with E-state index in [9.17, 15) is 0 Å². The minimum absolute atomic E-state index is 0.00605. The zero-order valence-corrected chi connectivity index (χ0v) is 11.6. The first kappa shape index (κ1) is 12.6. The summed E-state index contributed by atoms with van der Waals surface area (Å²) in [5.41, 5.74) is 2.32. The summed E-state index contributed by atoms with van der Waals surface area (Å²) in [6.45, 7) is 0. The fraction of sp³-hybridized carbons (Fsp3) is 0.375. The molecule has 0 bridgehead atoms. The van der Waals surface area contributed by atoms with Gasteiger partial charge in [-0.05, 0) is 18.4 Å². The molecular weight excluding hydrogens is 256 g/mol. The van der Waals surface area contributed by atoms with Crippen molar-refractivity contribution in [1.82, 2.24) is 9.97 Å². The second-order valence-corrected chi connectivity index (χ2v) is 5.47. The molecule has 0 N–H and O–H groups in total. The Kier molecular flexibility index (Phi) is 3.52. The van der Waals surface area contributed by atoms with Crippen molar-refractivity contribution in [3.8, 4) is 0 Å². The fourth-order valence-electron chi connectivity index (χ4n) is 3.05. The van der Waals surface area contributed by atoms with Crippen LogP contribution in [0.4, 0.5) is 0 Å². The fourth-order valence-corrected chi connectivity index (χ4v) is 3.19. The van der Waals surface area contributed by atoms with Crippen LogP contribution in [-0.2, 0) is 11.3 Å². The molecule has 1 aromatic heterocycles. The molecule has 0 atom stereocenters. The molecule has 0 amide bonds. The van der Waals surface area contributed by atoms with E-state index >= 15 is 0 Å². The maximum absolute atomic E-state index is 5.81. The summed E-state index contributed by atoms with van der Waals surface area (Å²) in [6.07, 6.45) is 8.48. The topological polar surface area (TPSA) is 25.8 Å². The van der Waals surface area contributed by atoms with Crippen LogP contribution in [-0.4, -0.2) is 9.97 Å². The van der Waals surface area contributed by atoms with Gasteiger partial charge >= 0.3 is 0 Å². The molecule has 0 radical (unpaired) electrons. The predicted octanol–water partition coefficient (Wildman–Crippen LogP) is 4.08. The van der Waals surface area contributed by atoms with Crippen LogP contribution >= 0.6 is 11.6 Å². The molecule has 3 rings (SSSR count). The molecule has 19 heavy (non-hydrogen) atoms. The summed E-state index contributed by atoms with van der Waals surface area (Å²) >= 11 is 5.81. The van der Waals surface area contributed by atoms with E-state index in [0.29, 0.717) is 5.88 Å². The second kappa shape index (κ2) is 5.30. The number of nitrogens with zero attached hydrogens (tertiary/aromatic N) is 2. The molecule has 1 saturated carbocycles. The van der Waals surface area contributed by atoms with Crippen LogP contribution in [0.15, 0.2) is 42.7 Å². The summed E-state index contributed by atoms with van der Waals surface area (Å²) in [5.74, 6) is 1.42. The molecule has 0 spiro atoms. The Morgan fingerprint density at radius 3 is 2.21 bits per heavy atom. The first-order valence-corrected chi connectivity index (χ1v) is 7.31. The molecule has 0 saturated heterocycles. The van der Waals surface area contributed by atoms with Gasteiger partial charge in [0.15, 0.2) is 0 Å². The van der Waals surface area contributed by atoms with Crippen LogP contribution < -0.4 is 0 Å². The van der Waals surface area contributed by atoms with E-state index in [-0.39, 0.29) is 5.41 Å². The van der Waals surface area contributed by atoms with Gasteiger partial charge in [0.25, 0.3) is 0 Å². The van der Waals surface area contributed by atoms with Crippen molar-refractivity contribution in [3.63, 3.8) is 0 Å². The normalized spacial score (nSPS) is 17.5. The number of benzene rings is 1. The summed E-state index contributed by atoms with van der Waals surface area (Å²) in [7, 11) is 0. The van der Waals surface area contributed by atoms with Crippen molar-refractivity contribution in [1.29, 1.82) is 0 Å². The molecule has 0 aliphatic heterocycles. The van der Waals surface area contributed by atoms with Gasteiger partial charge in [-0.1, -0.05) is 43.2 Å². The highest BCUT2D eigenvalue weighted by Crippen LogP contribution is 2.44. The van der Waals surface area contributed by atoms with E-state index in [4.69, 9.17) is 11.6 Å². The van der Waals surface area contributed by atoms with Gasteiger partial charge in [-0.25, -0.2) is 9.97 Å². The molecule has 1 fully saturated rings. The van der Waals surface area contributed by atoms with Gasteiger partial charge in [0.2, 0.25) is 0 Å². The van der Waals surface area contributed by atoms with Crippen molar-refractivity contribution in [2.45, 2.75) is 37.0 Å². The van der Waals surface area contributed by atoms with E-state index in [0.717, 1.165) is 24.2 Å². The van der Waals surface area contributed by atoms with Gasteiger partial charge in [0, 0.05) is 18.0 Å². The SMILES string of the molecule is ClCc1cnc(C2(c3ccccc3)CCCC2)nc1. The van der Waals surface area contributed by atoms with E-state index in [1.54, 1.807) is 0 Å². The van der Waals surface area contributed by atoms with Crippen LogP contribution in [0.5, 0.6) is 0 Å². The molecule has 1 heterocycles. The predicted molar refractivity (Wildman–Crippen MR) is 77.3 cm³/mol. The zero-order chi connectivity index (χ0) is 13.1. The Morgan fingerprint density at radius 1 is 1.00 bits per heavy atom. The standard InChI is InChI=1S/C16H17ClN2/c17-10-13-11-18-15(19-12-13)16(8-4-5-9-16)14-6-2-1-3-7-14/h1-3,6-7,11-12H,4-5,8-10H2. The maximum atomic E-state index is 5.81. The summed E-state index contributed by atoms with van der Waals surface area (Å²) < 4.78 is 0. The van der Waals surface area contributed by atoms with E-state index < -0.39 is 0 Å². The molecule has 2 aromatic rings. The molecular formula is C16H17ClN2. The lowest BCUT2D eigenvalue weighted by molar-refractivity contribution is 0.498. The van der Waals surface area contributed by atoms with E-state index in [1.165, 1.54) is 18.4 Å². The molecule has 1 aliphatic carbocycles. The van der Waals surface area contributed by atoms with Gasteiger partial charge in [-0.3, -0.25) is 0 Å². The highest BCUT2D eigenvalue weighted by atomic mass is 35.5. The number of hydrogen-bond donors (Lipinski definition) is 0. The van der Waals surface area contributed by atoms with Gasteiger partial charge < -0.3 is 0 Å². The smallest absolute Gasteiger partial charge is 0.138 e. The summed E-state index contributed by atoms with van der Waals surface area (Å²) in [4.78, 5) is 9.17. The third-order valence-electron chi connectivity index (χ3n) is 4.07. The Morgan fingerprint density at radius 2 is 1.63 bits per heavy atom. The minimum atomic E-state index is 0.00605. The number of rotatable bonds is 3. The monoisotopic (exact) mass is 272 g/mol. The van der Waals surface area contributed by atoms with Crippen molar-refractivity contribution >= 4 is 11.6 Å². The highest BCUT2D eigenvalue weighted by Gasteiger charge is 2.39. The molecule has 98 valence electrons. The van der Waals surface area contributed by atoms with E-state index in [1.807, 2.05) is 12.4 Å². The largest absolute Gasteiger partial charge is 0.240 e. The number of hydrogen-bond acceptors (Lipinski definition) is 2. The second-order valence-electron chi connectivity index (χ2n) is 5.20. The maximum Gasteiger partial charge on any atom is 0.138 e. The highest BCUT2D eigenvalue weighted by molar-refractivity contribution is 6.17. The Labute approximate surface area is 118 Å². The third kappa shape index (κ3) is 2.25. The zero-order valence-electron chi connectivity index (χ0n) is 10.8. The van der Waals surface area contributed by atoms with Crippen molar-refractivity contribution in [2.24, 2.45) is 0 Å². The Hall–Kier alpha value is -1.41. The van der Waals surface area contributed by atoms with E-state index in [2.05, 4.69) is 40.3 Å². The average molecular weight is 273 g/mol. The number of halogens is 1. The first-order chi connectivity index (χ1) is 9.35. The molecule has 0 unspecified atom stereocenters. The number of alkyl halides is 1. The molecule has 1 aromatic carbocycles. The first-order valence-electron chi connectivity index (χ1n) is 6.78. The van der Waals surface area contributed by atoms with Gasteiger partial charge in [0.1, 0.15) is 5.82 Å². The number of aromatic nitrogens is 2. The molecule has 1 aliphatic rings. The molecule has 2 nitrogen and oxygen atoms in total. The van der Waals surface area contributed by atoms with Crippen LogP contribution in [0.1, 0.15) is 42.6 Å². The minimum Gasteiger partial charge on any atom is -0.240 e. The van der Waals surface area contributed by atoms with Crippen molar-refractivity contribution < 1.29 is 0 Å². The summed E-state index contributed by atoms with van der Waals surface area (Å²) in [6, 6.07) is 10.7. The Bertz CT molecular complexity index is 530. The van der Waals surface area contributed by atoms with Crippen LogP contribution in [0, 0.1) is 0 Å². The lowest BCUT2D eigenvalue weighted by atomic mass is 9.78. The van der Waals surface area contributed by atoms with Crippen LogP contribution in [0.3, 0.4) is 0 Å². The summed E-state index contributed by atoms with van der Waals surface area (Å²) in [5, 5.41) is 0. The van der Waals surface area contributed by atoms with Gasteiger partial charge in [-0.15, -0.1) is 11.6 Å². The lowest BCUT2D eigenvalue weighted by Gasteiger charge is -2.28. The Balaban J connectivity index is 2.05. The van der Waals surface area contributed by atoms with Gasteiger partial charge in [0.05, 0.1) is 11.3 Å². The quantitative estimate of drug-likeness (QED) is 0.787. The molecule has 3 heteroatoms. The lowest BCUT2D eigenvalue weighted by Crippen LogP contribution is -2.26. The third-order valence-corrected chi connectivity index (χ3v) is 4.38. The van der Waals surface area contributed by atoms with Crippen molar-refractivity contribution in [2.75, 3.05) is 0 Å². The average Bonchev–Trinajstić information content (AvgIpc) is 2.99. The van der Waals surface area contributed by atoms with Crippen molar-refractivity contribution in [3.05, 3.63) is 59.7 Å². The van der Waals surface area contributed by atoms with Crippen LogP contribution in [0.2, 0.25) is 0 Å². The van der Waals surface area contributed by atoms with Crippen LogP contribution in [0.25, 0.3) is 0 Å². The van der Waals surface area contributed by atoms with Gasteiger partial charge in [-0.2, -0.15) is 0 Å².